The Balaban J connectivity index is 2.89. The highest BCUT2D eigenvalue weighted by atomic mass is 14.3. The molecule has 0 N–H and O–H groups in total. The largest absolute Gasteiger partial charge is 0.0765 e. The molecule has 1 unspecified atom stereocenters. The van der Waals surface area contributed by atoms with Gasteiger partial charge >= 0.3 is 0 Å². The summed E-state index contributed by atoms with van der Waals surface area (Å²) >= 11 is 0. The second kappa shape index (κ2) is 2.51. The zero-order chi connectivity index (χ0) is 8.65. The first-order valence-corrected chi connectivity index (χ1v) is 4.28. The quantitative estimate of drug-likeness (QED) is 0.495. The fraction of sp³-hybridized carbons (Fsp3) is 0.636. The van der Waals surface area contributed by atoms with Gasteiger partial charge in [0.15, 0.2) is 0 Å². The van der Waals surface area contributed by atoms with Crippen LogP contribution in [0, 0.1) is 11.3 Å². The lowest BCUT2D eigenvalue weighted by molar-refractivity contribution is 0.333. The average Bonchev–Trinajstić information content (AvgIpc) is 2.11. The average molecular weight is 150 g/mol. The van der Waals surface area contributed by atoms with Gasteiger partial charge in [0.2, 0.25) is 0 Å². The first kappa shape index (κ1) is 8.58. The first-order valence-electron chi connectivity index (χ1n) is 4.28. The molecule has 1 atom stereocenters. The summed E-state index contributed by atoms with van der Waals surface area (Å²) in [5, 5.41) is 0. The third-order valence-electron chi connectivity index (χ3n) is 2.56. The third kappa shape index (κ3) is 1.55. The predicted octanol–water partition coefficient (Wildman–Crippen LogP) is 3.55. The van der Waals surface area contributed by atoms with E-state index in [0.717, 1.165) is 0 Å². The molecule has 62 valence electrons. The van der Waals surface area contributed by atoms with Gasteiger partial charge < -0.3 is 0 Å². The Bertz CT molecular complexity index is 211. The molecular weight excluding hydrogens is 132 g/mol. The summed E-state index contributed by atoms with van der Waals surface area (Å²) < 4.78 is 0. The summed E-state index contributed by atoms with van der Waals surface area (Å²) in [6.45, 7) is 11.3. The van der Waals surface area contributed by atoms with Crippen LogP contribution in [0.25, 0.3) is 0 Å². The van der Waals surface area contributed by atoms with Crippen molar-refractivity contribution in [3.8, 4) is 0 Å². The van der Waals surface area contributed by atoms with E-state index < -0.39 is 0 Å². The predicted molar refractivity (Wildman–Crippen MR) is 50.5 cm³/mol. The summed E-state index contributed by atoms with van der Waals surface area (Å²) in [5.41, 5.74) is 3.38. The van der Waals surface area contributed by atoms with Crippen LogP contribution in [0.4, 0.5) is 0 Å². The van der Waals surface area contributed by atoms with Crippen LogP contribution in [-0.4, -0.2) is 0 Å². The minimum absolute atomic E-state index is 0.387. The van der Waals surface area contributed by atoms with Crippen LogP contribution >= 0.6 is 0 Å². The van der Waals surface area contributed by atoms with E-state index >= 15 is 0 Å². The van der Waals surface area contributed by atoms with E-state index in [2.05, 4.69) is 46.8 Å². The summed E-state index contributed by atoms with van der Waals surface area (Å²) in [4.78, 5) is 0. The zero-order valence-electron chi connectivity index (χ0n) is 8.23. The number of hydrogen-bond acceptors (Lipinski definition) is 0. The Kier molecular flexibility index (Phi) is 1.96. The molecule has 0 aromatic heterocycles. The fourth-order valence-electron chi connectivity index (χ4n) is 1.70. The van der Waals surface area contributed by atoms with Crippen molar-refractivity contribution in [1.82, 2.24) is 0 Å². The zero-order valence-corrected chi connectivity index (χ0v) is 8.23. The molecule has 0 saturated heterocycles. The maximum atomic E-state index is 2.32. The van der Waals surface area contributed by atoms with Gasteiger partial charge in [-0.15, -0.1) is 0 Å². The van der Waals surface area contributed by atoms with Gasteiger partial charge in [-0.25, -0.2) is 0 Å². The van der Waals surface area contributed by atoms with Gasteiger partial charge in [0.1, 0.15) is 0 Å². The Morgan fingerprint density at radius 1 is 1.18 bits per heavy atom. The van der Waals surface area contributed by atoms with Gasteiger partial charge in [-0.05, 0) is 19.3 Å². The molecule has 0 saturated carbocycles. The molecule has 0 spiro atoms. The Labute approximate surface area is 70.0 Å². The van der Waals surface area contributed by atoms with E-state index in [1.54, 1.807) is 0 Å². The van der Waals surface area contributed by atoms with Crippen LogP contribution in [0.1, 0.15) is 34.6 Å². The van der Waals surface area contributed by atoms with E-state index in [4.69, 9.17) is 0 Å². The highest BCUT2D eigenvalue weighted by Gasteiger charge is 2.26. The number of allylic oxidation sites excluding steroid dienone is 4. The molecule has 0 aromatic rings. The van der Waals surface area contributed by atoms with Crippen molar-refractivity contribution in [3.05, 3.63) is 23.3 Å². The van der Waals surface area contributed by atoms with Crippen molar-refractivity contribution in [3.63, 3.8) is 0 Å². The molecule has 0 aromatic carbocycles. The minimum Gasteiger partial charge on any atom is -0.0765 e. The Morgan fingerprint density at radius 3 is 1.91 bits per heavy atom. The summed E-state index contributed by atoms with van der Waals surface area (Å²) in [6.07, 6.45) is 4.57. The summed E-state index contributed by atoms with van der Waals surface area (Å²) in [5.74, 6) is 0.655. The van der Waals surface area contributed by atoms with Crippen LogP contribution < -0.4 is 0 Å². The summed E-state index contributed by atoms with van der Waals surface area (Å²) in [7, 11) is 0. The van der Waals surface area contributed by atoms with Gasteiger partial charge in [0, 0.05) is 5.92 Å². The third-order valence-corrected chi connectivity index (χ3v) is 2.56. The SMILES string of the molecule is CC1=C(C)C(C(C)(C)C)C=C1. The molecule has 0 amide bonds. The van der Waals surface area contributed by atoms with Crippen molar-refractivity contribution >= 4 is 0 Å². The maximum absolute atomic E-state index is 2.32. The fourth-order valence-corrected chi connectivity index (χ4v) is 1.70. The van der Waals surface area contributed by atoms with Crippen molar-refractivity contribution < 1.29 is 0 Å². The molecule has 0 bridgehead atoms. The monoisotopic (exact) mass is 150 g/mol. The topological polar surface area (TPSA) is 0 Å². The van der Waals surface area contributed by atoms with Crippen molar-refractivity contribution in [2.75, 3.05) is 0 Å². The van der Waals surface area contributed by atoms with Gasteiger partial charge in [-0.2, -0.15) is 0 Å². The van der Waals surface area contributed by atoms with Crippen molar-refractivity contribution in [2.45, 2.75) is 34.6 Å². The van der Waals surface area contributed by atoms with E-state index in [0.29, 0.717) is 11.3 Å². The molecule has 1 aliphatic rings. The molecule has 0 aliphatic heterocycles. The van der Waals surface area contributed by atoms with Gasteiger partial charge in [0.05, 0.1) is 0 Å². The van der Waals surface area contributed by atoms with Crippen LogP contribution in [0.3, 0.4) is 0 Å². The first-order chi connectivity index (χ1) is 4.93. The maximum Gasteiger partial charge on any atom is 0.00315 e. The minimum atomic E-state index is 0.387. The van der Waals surface area contributed by atoms with E-state index in [-0.39, 0.29) is 0 Å². The van der Waals surface area contributed by atoms with Crippen molar-refractivity contribution in [1.29, 1.82) is 0 Å². The van der Waals surface area contributed by atoms with Gasteiger partial charge in [-0.1, -0.05) is 44.1 Å². The Hall–Kier alpha value is -0.520. The number of hydrogen-bond donors (Lipinski definition) is 0. The highest BCUT2D eigenvalue weighted by Crippen LogP contribution is 2.38. The van der Waals surface area contributed by atoms with Crippen LogP contribution in [0.2, 0.25) is 0 Å². The lowest BCUT2D eigenvalue weighted by Gasteiger charge is -2.27. The molecule has 0 radical (unpaired) electrons. The molecule has 0 nitrogen and oxygen atoms in total. The van der Waals surface area contributed by atoms with Crippen LogP contribution in [0.5, 0.6) is 0 Å². The van der Waals surface area contributed by atoms with Gasteiger partial charge in [0.25, 0.3) is 0 Å². The molecule has 11 heavy (non-hydrogen) atoms. The molecular formula is C11H18. The van der Waals surface area contributed by atoms with Crippen LogP contribution in [-0.2, 0) is 0 Å². The van der Waals surface area contributed by atoms with Crippen molar-refractivity contribution in [2.24, 2.45) is 11.3 Å². The highest BCUT2D eigenvalue weighted by molar-refractivity contribution is 5.35. The molecule has 0 heterocycles. The Morgan fingerprint density at radius 2 is 1.73 bits per heavy atom. The number of rotatable bonds is 0. The van der Waals surface area contributed by atoms with Crippen LogP contribution in [0.15, 0.2) is 23.3 Å². The molecule has 1 aliphatic carbocycles. The second-order valence-electron chi connectivity index (χ2n) is 4.57. The van der Waals surface area contributed by atoms with Gasteiger partial charge in [-0.3, -0.25) is 0 Å². The molecule has 1 rings (SSSR count). The van der Waals surface area contributed by atoms with E-state index in [1.807, 2.05) is 0 Å². The normalized spacial score (nSPS) is 25.0. The lowest BCUT2D eigenvalue weighted by atomic mass is 9.78. The van der Waals surface area contributed by atoms with E-state index in [1.165, 1.54) is 11.1 Å². The second-order valence-corrected chi connectivity index (χ2v) is 4.57. The van der Waals surface area contributed by atoms with E-state index in [9.17, 15) is 0 Å². The molecule has 0 heteroatoms. The smallest absolute Gasteiger partial charge is 0.00315 e. The standard InChI is InChI=1S/C11H18/c1-8-6-7-10(9(8)2)11(3,4)5/h6-7,10H,1-5H3. The molecule has 0 fully saturated rings. The lowest BCUT2D eigenvalue weighted by Crippen LogP contribution is -2.17. The summed E-state index contributed by atoms with van der Waals surface area (Å²) in [6, 6.07) is 0.